The van der Waals surface area contributed by atoms with Gasteiger partial charge in [0.1, 0.15) is 11.4 Å². The molecule has 3 aliphatic rings. The lowest BCUT2D eigenvalue weighted by atomic mass is 9.89. The van der Waals surface area contributed by atoms with Crippen LogP contribution in [0.2, 0.25) is 0 Å². The number of carbonyl (C=O) groups is 2. The molecule has 0 bridgehead atoms. The quantitative estimate of drug-likeness (QED) is 0.717. The predicted molar refractivity (Wildman–Crippen MR) is 125 cm³/mol. The molecular weight excluding hydrogens is 459 g/mol. The van der Waals surface area contributed by atoms with Crippen molar-refractivity contribution in [3.63, 3.8) is 0 Å². The van der Waals surface area contributed by atoms with Gasteiger partial charge in [-0.25, -0.2) is 12.8 Å². The second-order valence-electron chi connectivity index (χ2n) is 9.08. The largest absolute Gasteiger partial charge is 0.322 e. The molecule has 8 nitrogen and oxygen atoms in total. The lowest BCUT2D eigenvalue weighted by Gasteiger charge is -2.45. The molecule has 1 spiro atoms. The maximum Gasteiger partial charge on any atom is 0.250 e. The lowest BCUT2D eigenvalue weighted by molar-refractivity contribution is -0.128. The van der Waals surface area contributed by atoms with Crippen molar-refractivity contribution < 1.29 is 22.4 Å². The van der Waals surface area contributed by atoms with E-state index in [-0.39, 0.29) is 36.3 Å². The number of nitrogens with zero attached hydrogens (tertiary/aromatic N) is 3. The Morgan fingerprint density at radius 2 is 1.71 bits per heavy atom. The third-order valence-corrected chi connectivity index (χ3v) is 8.94. The van der Waals surface area contributed by atoms with Gasteiger partial charge in [0.2, 0.25) is 15.9 Å². The summed E-state index contributed by atoms with van der Waals surface area (Å²) >= 11 is 0. The molecule has 0 atom stereocenters. The number of hydrogen-bond acceptors (Lipinski definition) is 5. The Hall–Kier alpha value is -2.82. The molecule has 2 aromatic carbocycles. The van der Waals surface area contributed by atoms with Crippen LogP contribution in [0, 0.1) is 5.82 Å². The van der Waals surface area contributed by atoms with Gasteiger partial charge in [-0.3, -0.25) is 19.4 Å². The van der Waals surface area contributed by atoms with E-state index in [1.54, 1.807) is 11.0 Å². The fraction of sp³-hybridized carbons (Fsp3) is 0.417. The molecule has 1 saturated carbocycles. The second kappa shape index (κ2) is 8.75. The van der Waals surface area contributed by atoms with Crippen molar-refractivity contribution in [1.29, 1.82) is 0 Å². The van der Waals surface area contributed by atoms with Gasteiger partial charge in [0.05, 0.1) is 22.8 Å². The number of carbonyl (C=O) groups excluding carboxylic acids is 2. The Morgan fingerprint density at radius 1 is 1.00 bits per heavy atom. The molecule has 2 heterocycles. The maximum absolute atomic E-state index is 13.6. The molecule has 0 unspecified atom stereocenters. The smallest absolute Gasteiger partial charge is 0.250 e. The van der Waals surface area contributed by atoms with Gasteiger partial charge in [-0.05, 0) is 43.2 Å². The van der Waals surface area contributed by atoms with E-state index in [1.165, 1.54) is 22.5 Å². The average molecular weight is 487 g/mol. The molecule has 2 amide bonds. The van der Waals surface area contributed by atoms with Crippen LogP contribution in [0.15, 0.2) is 53.4 Å². The number of benzene rings is 2. The number of para-hydroxylation sites is 2. The second-order valence-corrected chi connectivity index (χ2v) is 11.0. The zero-order valence-corrected chi connectivity index (χ0v) is 19.6. The molecule has 1 N–H and O–H groups in total. The van der Waals surface area contributed by atoms with Crippen LogP contribution in [0.25, 0.3) is 0 Å². The molecule has 180 valence electrons. The Labute approximate surface area is 198 Å². The van der Waals surface area contributed by atoms with E-state index in [1.807, 2.05) is 23.1 Å². The van der Waals surface area contributed by atoms with Crippen LogP contribution in [0.1, 0.15) is 25.7 Å². The minimum atomic E-state index is -3.80. The Bertz CT molecular complexity index is 1220. The molecule has 2 fully saturated rings. The van der Waals surface area contributed by atoms with E-state index < -0.39 is 21.4 Å². The fourth-order valence-electron chi connectivity index (χ4n) is 5.30. The molecule has 1 saturated heterocycles. The summed E-state index contributed by atoms with van der Waals surface area (Å²) in [6, 6.07) is 12.3. The first kappa shape index (κ1) is 22.9. The van der Waals surface area contributed by atoms with Crippen LogP contribution in [0.3, 0.4) is 0 Å². The number of sulfonamides is 1. The number of halogens is 1. The predicted octanol–water partition coefficient (Wildman–Crippen LogP) is 2.43. The van der Waals surface area contributed by atoms with Crippen molar-refractivity contribution in [3.8, 4) is 0 Å². The zero-order chi connectivity index (χ0) is 23.9. The van der Waals surface area contributed by atoms with E-state index in [0.29, 0.717) is 37.3 Å². The van der Waals surface area contributed by atoms with Gasteiger partial charge in [-0.1, -0.05) is 31.0 Å². The number of amides is 2. The number of fused-ring (bicyclic) bond motifs is 1. The van der Waals surface area contributed by atoms with Gasteiger partial charge < -0.3 is 5.32 Å². The normalized spacial score (nSPS) is 20.9. The van der Waals surface area contributed by atoms with Gasteiger partial charge in [-0.15, -0.1) is 0 Å². The van der Waals surface area contributed by atoms with Crippen molar-refractivity contribution in [1.82, 2.24) is 9.21 Å². The third kappa shape index (κ3) is 3.89. The first-order chi connectivity index (χ1) is 16.3. The molecule has 0 radical (unpaired) electrons. The van der Waals surface area contributed by atoms with Crippen molar-refractivity contribution in [3.05, 3.63) is 54.3 Å². The molecule has 2 aromatic rings. The average Bonchev–Trinajstić information content (AvgIpc) is 3.30. The maximum atomic E-state index is 13.6. The summed E-state index contributed by atoms with van der Waals surface area (Å²) < 4.78 is 40.6. The molecule has 5 rings (SSSR count). The number of hydrogen-bond donors (Lipinski definition) is 1. The van der Waals surface area contributed by atoms with Crippen LogP contribution >= 0.6 is 0 Å². The van der Waals surface area contributed by atoms with Crippen LogP contribution < -0.4 is 10.2 Å². The van der Waals surface area contributed by atoms with Crippen LogP contribution in [-0.2, 0) is 19.6 Å². The van der Waals surface area contributed by atoms with E-state index in [4.69, 9.17) is 0 Å². The number of rotatable bonds is 4. The van der Waals surface area contributed by atoms with Gasteiger partial charge in [0.15, 0.2) is 0 Å². The molecule has 10 heteroatoms. The topological polar surface area (TPSA) is 90.0 Å². The highest BCUT2D eigenvalue weighted by atomic mass is 32.2. The summed E-state index contributed by atoms with van der Waals surface area (Å²) in [5.74, 6) is -0.898. The molecule has 34 heavy (non-hydrogen) atoms. The van der Waals surface area contributed by atoms with Crippen molar-refractivity contribution in [2.45, 2.75) is 36.1 Å². The van der Waals surface area contributed by atoms with E-state index in [2.05, 4.69) is 5.32 Å². The summed E-state index contributed by atoms with van der Waals surface area (Å²) in [7, 11) is -3.80. The van der Waals surface area contributed by atoms with Crippen LogP contribution in [0.4, 0.5) is 15.8 Å². The van der Waals surface area contributed by atoms with E-state index >= 15 is 0 Å². The van der Waals surface area contributed by atoms with Gasteiger partial charge in [0.25, 0.3) is 5.91 Å². The van der Waals surface area contributed by atoms with Crippen molar-refractivity contribution in [2.75, 3.05) is 42.9 Å². The third-order valence-electron chi connectivity index (χ3n) is 7.05. The van der Waals surface area contributed by atoms with Gasteiger partial charge in [0, 0.05) is 26.2 Å². The Morgan fingerprint density at radius 3 is 2.41 bits per heavy atom. The highest BCUT2D eigenvalue weighted by Gasteiger charge is 2.52. The summed E-state index contributed by atoms with van der Waals surface area (Å²) in [6.07, 6.45) is 3.02. The number of anilines is 2. The summed E-state index contributed by atoms with van der Waals surface area (Å²) in [5, 5.41) is 2.98. The summed E-state index contributed by atoms with van der Waals surface area (Å²) in [4.78, 5) is 30.2. The minimum Gasteiger partial charge on any atom is -0.322 e. The molecular formula is C24H27FN4O4S. The van der Waals surface area contributed by atoms with Gasteiger partial charge in [-0.2, -0.15) is 4.31 Å². The SMILES string of the molecule is O=C(CN1CCN(S(=O)(=O)c2cccc(F)c2)CC1)N1c2ccccc2NC(=O)C12CCCC2. The summed E-state index contributed by atoms with van der Waals surface area (Å²) in [6.45, 7) is 1.24. The highest BCUT2D eigenvalue weighted by molar-refractivity contribution is 7.89. The van der Waals surface area contributed by atoms with Crippen LogP contribution in [-0.4, -0.2) is 67.7 Å². The Kier molecular flexibility index (Phi) is 5.91. The highest BCUT2D eigenvalue weighted by Crippen LogP contribution is 2.45. The molecule has 1 aliphatic carbocycles. The van der Waals surface area contributed by atoms with E-state index in [0.717, 1.165) is 18.9 Å². The first-order valence-corrected chi connectivity index (χ1v) is 13.0. The number of piperazine rings is 1. The lowest BCUT2D eigenvalue weighted by Crippen LogP contribution is -2.62. The van der Waals surface area contributed by atoms with E-state index in [9.17, 15) is 22.4 Å². The standard InChI is InChI=1S/C24H27FN4O4S/c25-18-6-5-7-19(16-18)34(32,33)28-14-12-27(13-15-28)17-22(30)29-21-9-2-1-8-20(21)26-23(31)24(29)10-3-4-11-24/h1-2,5-9,16H,3-4,10-15,17H2,(H,26,31). The molecule has 0 aromatic heterocycles. The monoisotopic (exact) mass is 486 g/mol. The fourth-order valence-corrected chi connectivity index (χ4v) is 6.75. The zero-order valence-electron chi connectivity index (χ0n) is 18.7. The van der Waals surface area contributed by atoms with Crippen molar-refractivity contribution in [2.24, 2.45) is 0 Å². The first-order valence-electron chi connectivity index (χ1n) is 11.5. The Balaban J connectivity index is 1.31. The minimum absolute atomic E-state index is 0.0730. The van der Waals surface area contributed by atoms with Crippen LogP contribution in [0.5, 0.6) is 0 Å². The number of nitrogens with one attached hydrogen (secondary N) is 1. The summed E-state index contributed by atoms with van der Waals surface area (Å²) in [5.41, 5.74) is 0.472. The molecule has 2 aliphatic heterocycles. The van der Waals surface area contributed by atoms with Crippen molar-refractivity contribution >= 4 is 33.2 Å². The van der Waals surface area contributed by atoms with Gasteiger partial charge >= 0.3 is 0 Å².